The molecule has 3 fully saturated rings. The van der Waals surface area contributed by atoms with Gasteiger partial charge in [0.05, 0.1) is 13.2 Å². The molecule has 2 atom stereocenters. The molecule has 2 aromatic rings. The lowest BCUT2D eigenvalue weighted by Crippen LogP contribution is -2.50. The molecule has 2 bridgehead atoms. The molecule has 35 heavy (non-hydrogen) atoms. The van der Waals surface area contributed by atoms with Crippen LogP contribution in [0.2, 0.25) is 0 Å². The molecule has 1 aromatic carbocycles. The van der Waals surface area contributed by atoms with Crippen molar-refractivity contribution < 1.29 is 9.53 Å². The molecule has 0 spiro atoms. The minimum Gasteiger partial charge on any atom is -0.379 e. The fourth-order valence-corrected chi connectivity index (χ4v) is 6.86. The van der Waals surface area contributed by atoms with Gasteiger partial charge < -0.3 is 14.2 Å². The summed E-state index contributed by atoms with van der Waals surface area (Å²) in [6, 6.07) is 12.5. The molecule has 1 amide bonds. The number of carbonyl (C=O) groups is 1. The Labute approximate surface area is 207 Å². The Morgan fingerprint density at radius 2 is 1.71 bits per heavy atom. The normalized spacial score (nSPS) is 25.3. The Morgan fingerprint density at radius 1 is 0.914 bits per heavy atom. The highest BCUT2D eigenvalue weighted by molar-refractivity contribution is 5.79. The van der Waals surface area contributed by atoms with Crippen molar-refractivity contribution in [2.45, 2.75) is 57.5 Å². The predicted molar refractivity (Wildman–Crippen MR) is 136 cm³/mol. The summed E-state index contributed by atoms with van der Waals surface area (Å²) in [6.07, 6.45) is 6.82. The summed E-state index contributed by atoms with van der Waals surface area (Å²) >= 11 is 0. The molecule has 1 aromatic heterocycles. The molecular formula is C29H37N3O3. The van der Waals surface area contributed by atoms with Crippen LogP contribution in [0, 0.1) is 11.8 Å². The summed E-state index contributed by atoms with van der Waals surface area (Å²) in [5.41, 5.74) is 4.28. The van der Waals surface area contributed by atoms with Gasteiger partial charge in [-0.1, -0.05) is 43.5 Å². The van der Waals surface area contributed by atoms with Crippen LogP contribution < -0.4 is 5.56 Å². The Kier molecular flexibility index (Phi) is 6.50. The van der Waals surface area contributed by atoms with Gasteiger partial charge >= 0.3 is 0 Å². The third-order valence-electron chi connectivity index (χ3n) is 8.68. The van der Waals surface area contributed by atoms with Gasteiger partial charge in [0.2, 0.25) is 5.91 Å². The second kappa shape index (κ2) is 9.90. The lowest BCUT2D eigenvalue weighted by molar-refractivity contribution is -0.139. The van der Waals surface area contributed by atoms with Gasteiger partial charge in [-0.05, 0) is 48.4 Å². The molecule has 0 unspecified atom stereocenters. The molecule has 6 nitrogen and oxygen atoms in total. The molecule has 4 aliphatic rings. The molecular weight excluding hydrogens is 438 g/mol. The summed E-state index contributed by atoms with van der Waals surface area (Å²) in [5.74, 6) is 1.21. The molecule has 4 heterocycles. The molecule has 1 saturated carbocycles. The quantitative estimate of drug-likeness (QED) is 0.674. The average Bonchev–Trinajstić information content (AvgIpc) is 2.90. The van der Waals surface area contributed by atoms with E-state index in [4.69, 9.17) is 4.74 Å². The summed E-state index contributed by atoms with van der Waals surface area (Å²) in [7, 11) is 0. The highest BCUT2D eigenvalue weighted by Crippen LogP contribution is 2.37. The number of hydrogen-bond acceptors (Lipinski definition) is 4. The molecule has 0 radical (unpaired) electrons. The first-order valence-electron chi connectivity index (χ1n) is 13.6. The average molecular weight is 476 g/mol. The number of carbonyl (C=O) groups excluding carboxylic acids is 1. The zero-order valence-corrected chi connectivity index (χ0v) is 20.7. The van der Waals surface area contributed by atoms with Crippen molar-refractivity contribution in [2.24, 2.45) is 11.8 Å². The van der Waals surface area contributed by atoms with E-state index in [-0.39, 0.29) is 17.4 Å². The first-order chi connectivity index (χ1) is 17.2. The fourth-order valence-electron chi connectivity index (χ4n) is 6.86. The maximum Gasteiger partial charge on any atom is 0.258 e. The Morgan fingerprint density at radius 3 is 2.54 bits per heavy atom. The van der Waals surface area contributed by atoms with E-state index in [2.05, 4.69) is 34.1 Å². The maximum atomic E-state index is 13.8. The van der Waals surface area contributed by atoms with Gasteiger partial charge in [-0.2, -0.15) is 0 Å². The van der Waals surface area contributed by atoms with Crippen molar-refractivity contribution in [1.29, 1.82) is 0 Å². The topological polar surface area (TPSA) is 54.8 Å². The van der Waals surface area contributed by atoms with Crippen LogP contribution in [0.1, 0.15) is 55.7 Å². The van der Waals surface area contributed by atoms with Gasteiger partial charge in [-0.25, -0.2) is 0 Å². The van der Waals surface area contributed by atoms with Gasteiger partial charge in [0.1, 0.15) is 0 Å². The molecule has 3 aliphatic heterocycles. The van der Waals surface area contributed by atoms with Gasteiger partial charge in [-0.15, -0.1) is 0 Å². The molecule has 186 valence electrons. The smallest absolute Gasteiger partial charge is 0.258 e. The maximum absolute atomic E-state index is 13.8. The Hall–Kier alpha value is -2.44. The van der Waals surface area contributed by atoms with E-state index < -0.39 is 0 Å². The molecule has 6 rings (SSSR count). The summed E-state index contributed by atoms with van der Waals surface area (Å²) in [5, 5.41) is 0. The van der Waals surface area contributed by atoms with Gasteiger partial charge in [-0.3, -0.25) is 14.5 Å². The van der Waals surface area contributed by atoms with Crippen LogP contribution in [0.15, 0.2) is 41.2 Å². The first kappa shape index (κ1) is 23.0. The predicted octanol–water partition coefficient (Wildman–Crippen LogP) is 3.87. The summed E-state index contributed by atoms with van der Waals surface area (Å²) in [4.78, 5) is 31.6. The number of likely N-dealkylation sites (tertiary alicyclic amines) is 1. The molecule has 0 N–H and O–H groups in total. The van der Waals surface area contributed by atoms with Crippen molar-refractivity contribution in [1.82, 2.24) is 14.4 Å². The van der Waals surface area contributed by atoms with Crippen LogP contribution in [0.25, 0.3) is 11.1 Å². The van der Waals surface area contributed by atoms with Crippen molar-refractivity contribution in [3.8, 4) is 11.1 Å². The van der Waals surface area contributed by atoms with E-state index in [9.17, 15) is 9.59 Å². The molecule has 6 heteroatoms. The minimum absolute atomic E-state index is 0.124. The largest absolute Gasteiger partial charge is 0.379 e. The number of piperidine rings is 1. The number of nitrogens with zero attached hydrogens (tertiary/aromatic N) is 3. The number of benzene rings is 1. The minimum atomic E-state index is 0.124. The number of amides is 1. The lowest BCUT2D eigenvalue weighted by Gasteiger charge is -2.44. The summed E-state index contributed by atoms with van der Waals surface area (Å²) < 4.78 is 7.54. The number of fused-ring (bicyclic) bond motifs is 4. The third kappa shape index (κ3) is 4.58. The van der Waals surface area contributed by atoms with E-state index in [0.29, 0.717) is 11.8 Å². The van der Waals surface area contributed by atoms with Crippen LogP contribution in [0.3, 0.4) is 0 Å². The zero-order chi connectivity index (χ0) is 23.8. The van der Waals surface area contributed by atoms with Gasteiger partial charge in [0.15, 0.2) is 0 Å². The zero-order valence-electron chi connectivity index (χ0n) is 20.7. The van der Waals surface area contributed by atoms with Crippen LogP contribution in [0.4, 0.5) is 0 Å². The van der Waals surface area contributed by atoms with Crippen LogP contribution in [-0.2, 0) is 22.6 Å². The van der Waals surface area contributed by atoms with E-state index in [1.165, 1.54) is 24.8 Å². The van der Waals surface area contributed by atoms with E-state index in [0.717, 1.165) is 88.6 Å². The third-order valence-corrected chi connectivity index (χ3v) is 8.68. The van der Waals surface area contributed by atoms with Crippen molar-refractivity contribution in [3.63, 3.8) is 0 Å². The standard InChI is InChI=1S/C29H37N3O3/c33-28(22-6-2-1-3-7-22)31-17-21-16-24(20-31)27-11-10-26(29(34)32(27)18-21)25-9-5-4-8-23(25)19-30-12-14-35-15-13-30/h4-5,8-11,21-22,24H,1-3,6-7,12-20H2/t21-,24+/m0/s1. The van der Waals surface area contributed by atoms with Crippen LogP contribution >= 0.6 is 0 Å². The van der Waals surface area contributed by atoms with Gasteiger partial charge in [0.25, 0.3) is 5.56 Å². The molecule has 1 aliphatic carbocycles. The van der Waals surface area contributed by atoms with Crippen molar-refractivity contribution in [3.05, 3.63) is 58.0 Å². The number of ether oxygens (including phenoxy) is 1. The fraction of sp³-hybridized carbons (Fsp3) is 0.586. The summed E-state index contributed by atoms with van der Waals surface area (Å²) in [6.45, 7) is 6.52. The highest BCUT2D eigenvalue weighted by Gasteiger charge is 2.38. The number of morpholine rings is 1. The van der Waals surface area contributed by atoms with E-state index >= 15 is 0 Å². The first-order valence-corrected chi connectivity index (χ1v) is 13.6. The van der Waals surface area contributed by atoms with Crippen molar-refractivity contribution >= 4 is 5.91 Å². The Balaban J connectivity index is 1.26. The monoisotopic (exact) mass is 475 g/mol. The highest BCUT2D eigenvalue weighted by atomic mass is 16.5. The number of rotatable bonds is 4. The van der Waals surface area contributed by atoms with Gasteiger partial charge in [0, 0.05) is 62.4 Å². The van der Waals surface area contributed by atoms with E-state index in [1.807, 2.05) is 16.7 Å². The second-order valence-electron chi connectivity index (χ2n) is 11.0. The SMILES string of the molecule is O=C(C1CCCCC1)N1C[C@@H]2C[C@H](C1)c1ccc(-c3ccccc3CN3CCOCC3)c(=O)n1C2. The lowest BCUT2D eigenvalue weighted by atomic mass is 9.81. The van der Waals surface area contributed by atoms with Crippen molar-refractivity contribution in [2.75, 3.05) is 39.4 Å². The number of aromatic nitrogens is 1. The van der Waals surface area contributed by atoms with Crippen LogP contribution in [-0.4, -0.2) is 59.7 Å². The van der Waals surface area contributed by atoms with Crippen LogP contribution in [0.5, 0.6) is 0 Å². The second-order valence-corrected chi connectivity index (χ2v) is 11.0. The Bertz CT molecular complexity index is 1130. The number of hydrogen-bond donors (Lipinski definition) is 0. The van der Waals surface area contributed by atoms with E-state index in [1.54, 1.807) is 0 Å². The molecule has 2 saturated heterocycles. The number of pyridine rings is 1.